The Labute approximate surface area is 177 Å². The molecule has 0 aliphatic carbocycles. The number of nitro groups is 6. The van der Waals surface area contributed by atoms with Crippen LogP contribution in [-0.2, 0) is 0 Å². The molecule has 33 heavy (non-hydrogen) atoms. The molecule has 0 aliphatic heterocycles. The van der Waals surface area contributed by atoms with Crippen LogP contribution in [0, 0.1) is 60.7 Å². The Kier molecular flexibility index (Phi) is 6.18. The molecule has 0 aromatic heterocycles. The van der Waals surface area contributed by atoms with Crippen molar-refractivity contribution in [1.29, 1.82) is 0 Å². The van der Waals surface area contributed by atoms with Crippen LogP contribution in [0.15, 0.2) is 18.2 Å². The zero-order chi connectivity index (χ0) is 25.2. The van der Waals surface area contributed by atoms with E-state index >= 15 is 0 Å². The first-order valence-corrected chi connectivity index (χ1v) is 7.90. The van der Waals surface area contributed by atoms with Gasteiger partial charge in [0, 0.05) is 0 Å². The maximum atomic E-state index is 11.3. The van der Waals surface area contributed by atoms with Gasteiger partial charge in [-0.1, -0.05) is 0 Å². The number of non-ortho nitro benzene ring substituents is 1. The van der Waals surface area contributed by atoms with Gasteiger partial charge in [0.1, 0.15) is 11.1 Å². The molecule has 0 atom stereocenters. The van der Waals surface area contributed by atoms with Crippen LogP contribution < -0.4 is 0 Å². The standard InChI is InChI=1S/C14H6N6O13/c21-14-12(19(30)31)5-11(18(28)29)8(13(14)20(32)33)2-1-7-9(16(24)25)3-6(15(22)23)4-10(7)17(26)27/h1-5,21H/b2-1+. The van der Waals surface area contributed by atoms with Gasteiger partial charge in [0.2, 0.25) is 0 Å². The highest BCUT2D eigenvalue weighted by Crippen LogP contribution is 2.45. The predicted octanol–water partition coefficient (Wildman–Crippen LogP) is 3.01. The van der Waals surface area contributed by atoms with Crippen LogP contribution in [-0.4, -0.2) is 34.6 Å². The first kappa shape index (κ1) is 23.7. The molecular formula is C14H6N6O13. The SMILES string of the molecule is O=[N+]([O-])c1cc([N+](=O)[O-])c(/C=C/c2c([N+](=O)[O-])cc([N+](=O)[O-])c(O)c2[N+](=O)[O-])c([N+](=O)[O-])c1. The summed E-state index contributed by atoms with van der Waals surface area (Å²) < 4.78 is 0. The molecule has 0 heterocycles. The molecule has 0 saturated heterocycles. The number of nitrogens with zero attached hydrogens (tertiary/aromatic N) is 6. The molecule has 2 rings (SSSR count). The number of benzene rings is 2. The van der Waals surface area contributed by atoms with E-state index in [1.165, 1.54) is 0 Å². The summed E-state index contributed by atoms with van der Waals surface area (Å²) in [6.07, 6.45) is 0.849. The Hall–Kier alpha value is -5.62. The van der Waals surface area contributed by atoms with Gasteiger partial charge in [0.15, 0.2) is 0 Å². The van der Waals surface area contributed by atoms with E-state index in [1.807, 2.05) is 0 Å². The zero-order valence-corrected chi connectivity index (χ0v) is 15.4. The minimum atomic E-state index is -1.58. The third kappa shape index (κ3) is 4.45. The molecule has 19 nitrogen and oxygen atoms in total. The van der Waals surface area contributed by atoms with E-state index in [2.05, 4.69) is 0 Å². The molecule has 0 aliphatic rings. The van der Waals surface area contributed by atoms with Crippen molar-refractivity contribution in [2.24, 2.45) is 0 Å². The Morgan fingerprint density at radius 2 is 0.939 bits per heavy atom. The molecule has 2 aromatic rings. The molecular weight excluding hydrogens is 460 g/mol. The molecule has 170 valence electrons. The number of hydrogen-bond donors (Lipinski definition) is 1. The van der Waals surface area contributed by atoms with Crippen LogP contribution >= 0.6 is 0 Å². The molecule has 19 heteroatoms. The summed E-state index contributed by atoms with van der Waals surface area (Å²) in [6.45, 7) is 0. The molecule has 0 fully saturated rings. The number of hydrogen-bond acceptors (Lipinski definition) is 13. The van der Waals surface area contributed by atoms with Gasteiger partial charge < -0.3 is 5.11 Å². The van der Waals surface area contributed by atoms with E-state index < -0.39 is 80.5 Å². The van der Waals surface area contributed by atoms with Crippen LogP contribution in [0.1, 0.15) is 11.1 Å². The smallest absolute Gasteiger partial charge is 0.332 e. The zero-order valence-electron chi connectivity index (χ0n) is 15.4. The van der Waals surface area contributed by atoms with Gasteiger partial charge in [-0.15, -0.1) is 0 Å². The topological polar surface area (TPSA) is 279 Å². The Morgan fingerprint density at radius 1 is 0.545 bits per heavy atom. The van der Waals surface area contributed by atoms with Gasteiger partial charge in [0.25, 0.3) is 28.5 Å². The molecule has 0 spiro atoms. The van der Waals surface area contributed by atoms with Crippen molar-refractivity contribution in [3.05, 3.63) is 90.0 Å². The van der Waals surface area contributed by atoms with Crippen molar-refractivity contribution in [3.63, 3.8) is 0 Å². The second-order valence-corrected chi connectivity index (χ2v) is 5.80. The molecule has 0 radical (unpaired) electrons. The fourth-order valence-corrected chi connectivity index (χ4v) is 2.64. The summed E-state index contributed by atoms with van der Waals surface area (Å²) in [4.78, 5) is 59.5. The first-order valence-electron chi connectivity index (χ1n) is 7.90. The van der Waals surface area contributed by atoms with Crippen molar-refractivity contribution >= 4 is 46.3 Å². The van der Waals surface area contributed by atoms with Crippen LogP contribution in [0.3, 0.4) is 0 Å². The van der Waals surface area contributed by atoms with Crippen LogP contribution in [0.25, 0.3) is 12.2 Å². The summed E-state index contributed by atoms with van der Waals surface area (Å²) in [5.74, 6) is -1.58. The van der Waals surface area contributed by atoms with Gasteiger partial charge >= 0.3 is 11.4 Å². The predicted molar refractivity (Wildman–Crippen MR) is 103 cm³/mol. The maximum absolute atomic E-state index is 11.3. The van der Waals surface area contributed by atoms with E-state index in [9.17, 15) is 65.8 Å². The van der Waals surface area contributed by atoms with E-state index in [1.54, 1.807) is 0 Å². The highest BCUT2D eigenvalue weighted by Gasteiger charge is 2.36. The number of aromatic hydroxyl groups is 1. The van der Waals surface area contributed by atoms with Crippen molar-refractivity contribution in [2.75, 3.05) is 0 Å². The molecule has 2 aromatic carbocycles. The average molecular weight is 466 g/mol. The quantitative estimate of drug-likeness (QED) is 0.333. The number of phenolic OH excluding ortho intramolecular Hbond substituents is 1. The normalized spacial score (nSPS) is 10.7. The lowest BCUT2D eigenvalue weighted by atomic mass is 10.0. The third-order valence-corrected chi connectivity index (χ3v) is 3.99. The minimum absolute atomic E-state index is 0.181. The van der Waals surface area contributed by atoms with Gasteiger partial charge in [-0.3, -0.25) is 60.7 Å². The summed E-state index contributed by atoms with van der Waals surface area (Å²) in [7, 11) is 0. The van der Waals surface area contributed by atoms with Crippen molar-refractivity contribution in [1.82, 2.24) is 0 Å². The van der Waals surface area contributed by atoms with Gasteiger partial charge in [0.05, 0.1) is 47.7 Å². The van der Waals surface area contributed by atoms with Gasteiger partial charge in [-0.25, -0.2) is 0 Å². The van der Waals surface area contributed by atoms with E-state index in [0.717, 1.165) is 0 Å². The third-order valence-electron chi connectivity index (χ3n) is 3.99. The largest absolute Gasteiger partial charge is 0.497 e. The average Bonchev–Trinajstić information content (AvgIpc) is 2.70. The molecule has 1 N–H and O–H groups in total. The lowest BCUT2D eigenvalue weighted by Gasteiger charge is -2.04. The van der Waals surface area contributed by atoms with Crippen LogP contribution in [0.4, 0.5) is 34.1 Å². The highest BCUT2D eigenvalue weighted by molar-refractivity contribution is 5.88. The number of phenols is 1. The van der Waals surface area contributed by atoms with Gasteiger partial charge in [-0.2, -0.15) is 0 Å². The lowest BCUT2D eigenvalue weighted by Crippen LogP contribution is -2.02. The molecule has 0 bridgehead atoms. The van der Waals surface area contributed by atoms with Crippen molar-refractivity contribution in [2.45, 2.75) is 0 Å². The maximum Gasteiger partial charge on any atom is 0.332 e. The second-order valence-electron chi connectivity index (χ2n) is 5.80. The summed E-state index contributed by atoms with van der Waals surface area (Å²) in [5.41, 5.74) is -9.64. The van der Waals surface area contributed by atoms with Crippen LogP contribution in [0.2, 0.25) is 0 Å². The van der Waals surface area contributed by atoms with Gasteiger partial charge in [-0.05, 0) is 12.2 Å². The first-order chi connectivity index (χ1) is 15.3. The summed E-state index contributed by atoms with van der Waals surface area (Å²) >= 11 is 0. The Balaban J connectivity index is 2.95. The Bertz CT molecular complexity index is 1270. The van der Waals surface area contributed by atoms with E-state index in [4.69, 9.17) is 0 Å². The lowest BCUT2D eigenvalue weighted by molar-refractivity contribution is -0.404. The molecule has 0 amide bonds. The van der Waals surface area contributed by atoms with Crippen molar-refractivity contribution in [3.8, 4) is 5.75 Å². The number of nitro benzene ring substituents is 6. The molecule has 0 saturated carbocycles. The Morgan fingerprint density at radius 3 is 1.30 bits per heavy atom. The fourth-order valence-electron chi connectivity index (χ4n) is 2.64. The van der Waals surface area contributed by atoms with Crippen molar-refractivity contribution < 1.29 is 34.6 Å². The van der Waals surface area contributed by atoms with E-state index in [-0.39, 0.29) is 6.07 Å². The monoisotopic (exact) mass is 466 g/mol. The number of rotatable bonds is 8. The molecule has 0 unspecified atom stereocenters. The highest BCUT2D eigenvalue weighted by atomic mass is 16.6. The van der Waals surface area contributed by atoms with Crippen LogP contribution in [0.5, 0.6) is 5.75 Å². The minimum Gasteiger partial charge on any atom is -0.497 e. The van der Waals surface area contributed by atoms with E-state index in [0.29, 0.717) is 24.3 Å². The summed E-state index contributed by atoms with van der Waals surface area (Å²) in [5, 5.41) is 77.0. The second kappa shape index (κ2) is 8.63. The summed E-state index contributed by atoms with van der Waals surface area (Å²) in [6, 6.07) is 0.881. The fraction of sp³-hybridized carbons (Fsp3) is 0.